The highest BCUT2D eigenvalue weighted by atomic mass is 35.5. The van der Waals surface area contributed by atoms with Crippen molar-refractivity contribution in [3.05, 3.63) is 65.7 Å². The van der Waals surface area contributed by atoms with Gasteiger partial charge < -0.3 is 5.32 Å². The number of aryl methyl sites for hydroxylation is 1. The number of benzene rings is 3. The van der Waals surface area contributed by atoms with Crippen LogP contribution >= 0.6 is 11.6 Å². The highest BCUT2D eigenvalue weighted by Gasteiger charge is 2.13. The van der Waals surface area contributed by atoms with E-state index in [0.717, 1.165) is 38.8 Å². The molecule has 0 radical (unpaired) electrons. The first-order valence-electron chi connectivity index (χ1n) is 6.68. The molecule has 3 rings (SSSR count). The lowest BCUT2D eigenvalue weighted by atomic mass is 9.97. The van der Waals surface area contributed by atoms with Crippen molar-refractivity contribution in [2.45, 2.75) is 6.92 Å². The second-order valence-corrected chi connectivity index (χ2v) is 5.28. The number of fused-ring (bicyclic) bond motifs is 2. The van der Waals surface area contributed by atoms with E-state index in [9.17, 15) is 0 Å². The van der Waals surface area contributed by atoms with Crippen molar-refractivity contribution >= 4 is 38.8 Å². The molecular formula is C18H16ClN. The van der Waals surface area contributed by atoms with Crippen molar-refractivity contribution in [1.82, 2.24) is 0 Å². The molecule has 0 bridgehead atoms. The summed E-state index contributed by atoms with van der Waals surface area (Å²) in [5.74, 6) is 0. The first-order chi connectivity index (χ1) is 9.74. The third-order valence-electron chi connectivity index (χ3n) is 3.62. The standard InChI is InChI=1S/C18H16ClN/c1-3-11-20-18-14-9-5-4-8-13(14)17(19)16-12(2)7-6-10-15(16)18/h3-10,20H,1,11H2,2H3. The molecule has 0 amide bonds. The van der Waals surface area contributed by atoms with Crippen LogP contribution in [0.25, 0.3) is 21.5 Å². The molecule has 3 aromatic carbocycles. The molecule has 0 aromatic heterocycles. The summed E-state index contributed by atoms with van der Waals surface area (Å²) in [6.07, 6.45) is 1.87. The number of rotatable bonds is 3. The van der Waals surface area contributed by atoms with Crippen molar-refractivity contribution in [3.8, 4) is 0 Å². The van der Waals surface area contributed by atoms with Gasteiger partial charge in [0.2, 0.25) is 0 Å². The van der Waals surface area contributed by atoms with Crippen LogP contribution < -0.4 is 5.32 Å². The van der Waals surface area contributed by atoms with E-state index in [1.54, 1.807) is 0 Å². The molecule has 0 spiro atoms. The molecule has 0 aliphatic rings. The molecule has 0 fully saturated rings. The van der Waals surface area contributed by atoms with Gasteiger partial charge in [-0.2, -0.15) is 0 Å². The fraction of sp³-hybridized carbons (Fsp3) is 0.111. The lowest BCUT2D eigenvalue weighted by Crippen LogP contribution is -2.00. The van der Waals surface area contributed by atoms with Gasteiger partial charge in [0.25, 0.3) is 0 Å². The molecule has 0 heterocycles. The van der Waals surface area contributed by atoms with E-state index >= 15 is 0 Å². The van der Waals surface area contributed by atoms with Gasteiger partial charge in [-0.1, -0.05) is 60.1 Å². The maximum Gasteiger partial charge on any atom is 0.0566 e. The highest BCUT2D eigenvalue weighted by molar-refractivity contribution is 6.42. The Labute approximate surface area is 123 Å². The largest absolute Gasteiger partial charge is 0.381 e. The zero-order chi connectivity index (χ0) is 14.1. The zero-order valence-electron chi connectivity index (χ0n) is 11.4. The fourth-order valence-electron chi connectivity index (χ4n) is 2.70. The number of hydrogen-bond donors (Lipinski definition) is 1. The van der Waals surface area contributed by atoms with Gasteiger partial charge in [-0.15, -0.1) is 6.58 Å². The van der Waals surface area contributed by atoms with Crippen LogP contribution in [0.2, 0.25) is 5.02 Å². The van der Waals surface area contributed by atoms with E-state index in [1.165, 1.54) is 5.56 Å². The van der Waals surface area contributed by atoms with Crippen LogP contribution in [0.1, 0.15) is 5.56 Å². The van der Waals surface area contributed by atoms with Crippen LogP contribution in [-0.4, -0.2) is 6.54 Å². The Morgan fingerprint density at radius 2 is 1.75 bits per heavy atom. The minimum atomic E-state index is 0.731. The monoisotopic (exact) mass is 281 g/mol. The van der Waals surface area contributed by atoms with E-state index < -0.39 is 0 Å². The molecule has 2 heteroatoms. The van der Waals surface area contributed by atoms with Crippen LogP contribution in [0.4, 0.5) is 5.69 Å². The summed E-state index contributed by atoms with van der Waals surface area (Å²) < 4.78 is 0. The summed E-state index contributed by atoms with van der Waals surface area (Å²) in [5.41, 5.74) is 2.32. The summed E-state index contributed by atoms with van der Waals surface area (Å²) >= 11 is 6.64. The van der Waals surface area contributed by atoms with Crippen LogP contribution in [-0.2, 0) is 0 Å². The third-order valence-corrected chi connectivity index (χ3v) is 4.01. The minimum Gasteiger partial charge on any atom is -0.381 e. The topological polar surface area (TPSA) is 12.0 Å². The molecule has 0 saturated heterocycles. The van der Waals surface area contributed by atoms with E-state index in [1.807, 2.05) is 18.2 Å². The lowest BCUT2D eigenvalue weighted by Gasteiger charge is -2.16. The van der Waals surface area contributed by atoms with Crippen LogP contribution in [0, 0.1) is 6.92 Å². The lowest BCUT2D eigenvalue weighted by molar-refractivity contribution is 1.36. The molecule has 0 atom stereocenters. The number of hydrogen-bond acceptors (Lipinski definition) is 1. The Morgan fingerprint density at radius 3 is 2.50 bits per heavy atom. The molecule has 0 unspecified atom stereocenters. The van der Waals surface area contributed by atoms with Gasteiger partial charge in [0.15, 0.2) is 0 Å². The molecule has 20 heavy (non-hydrogen) atoms. The fourth-order valence-corrected chi connectivity index (χ4v) is 3.12. The predicted octanol–water partition coefficient (Wildman–Crippen LogP) is 5.55. The maximum atomic E-state index is 6.64. The Balaban J connectivity index is 2.49. The quantitative estimate of drug-likeness (QED) is 0.490. The predicted molar refractivity (Wildman–Crippen MR) is 89.9 cm³/mol. The van der Waals surface area contributed by atoms with Crippen LogP contribution in [0.15, 0.2) is 55.1 Å². The number of anilines is 1. The summed E-state index contributed by atoms with van der Waals surface area (Å²) in [4.78, 5) is 0. The van der Waals surface area contributed by atoms with Crippen molar-refractivity contribution in [1.29, 1.82) is 0 Å². The van der Waals surface area contributed by atoms with Crippen molar-refractivity contribution < 1.29 is 0 Å². The van der Waals surface area contributed by atoms with Crippen molar-refractivity contribution in [3.63, 3.8) is 0 Å². The van der Waals surface area contributed by atoms with E-state index in [-0.39, 0.29) is 0 Å². The van der Waals surface area contributed by atoms with Gasteiger partial charge in [-0.05, 0) is 12.5 Å². The second-order valence-electron chi connectivity index (χ2n) is 4.90. The van der Waals surface area contributed by atoms with Gasteiger partial charge >= 0.3 is 0 Å². The molecule has 100 valence electrons. The second kappa shape index (κ2) is 5.18. The van der Waals surface area contributed by atoms with E-state index in [2.05, 4.69) is 49.2 Å². The highest BCUT2D eigenvalue weighted by Crippen LogP contribution is 2.40. The summed E-state index contributed by atoms with van der Waals surface area (Å²) in [7, 11) is 0. The van der Waals surface area contributed by atoms with Gasteiger partial charge in [0.1, 0.15) is 0 Å². The zero-order valence-corrected chi connectivity index (χ0v) is 12.2. The first kappa shape index (κ1) is 13.0. The normalized spacial score (nSPS) is 10.9. The molecule has 0 aliphatic heterocycles. The molecule has 3 aromatic rings. The van der Waals surface area contributed by atoms with Crippen LogP contribution in [0.5, 0.6) is 0 Å². The summed E-state index contributed by atoms with van der Waals surface area (Å²) in [6, 6.07) is 14.5. The van der Waals surface area contributed by atoms with Gasteiger partial charge in [0, 0.05) is 28.1 Å². The molecule has 0 aliphatic carbocycles. The molecule has 1 nitrogen and oxygen atoms in total. The van der Waals surface area contributed by atoms with Gasteiger partial charge in [-0.3, -0.25) is 0 Å². The van der Waals surface area contributed by atoms with Crippen molar-refractivity contribution in [2.24, 2.45) is 0 Å². The third kappa shape index (κ3) is 1.95. The molecule has 1 N–H and O–H groups in total. The Bertz CT molecular complexity index is 805. The summed E-state index contributed by atoms with van der Waals surface area (Å²) in [6.45, 7) is 6.61. The smallest absolute Gasteiger partial charge is 0.0566 e. The van der Waals surface area contributed by atoms with E-state index in [0.29, 0.717) is 0 Å². The SMILES string of the molecule is C=CCNc1c2ccccc2c(Cl)c2c(C)cccc12. The van der Waals surface area contributed by atoms with Gasteiger partial charge in [-0.25, -0.2) is 0 Å². The average molecular weight is 282 g/mol. The van der Waals surface area contributed by atoms with Crippen LogP contribution in [0.3, 0.4) is 0 Å². The number of nitrogens with one attached hydrogen (secondary N) is 1. The Kier molecular flexibility index (Phi) is 3.37. The summed E-state index contributed by atoms with van der Waals surface area (Å²) in [5, 5.41) is 8.81. The Morgan fingerprint density at radius 1 is 1.05 bits per heavy atom. The number of halogens is 1. The van der Waals surface area contributed by atoms with Crippen molar-refractivity contribution in [2.75, 3.05) is 11.9 Å². The average Bonchev–Trinajstić information content (AvgIpc) is 2.47. The first-order valence-corrected chi connectivity index (χ1v) is 7.06. The molecular weight excluding hydrogens is 266 g/mol. The van der Waals surface area contributed by atoms with E-state index in [4.69, 9.17) is 11.6 Å². The Hall–Kier alpha value is -1.99. The molecule has 0 saturated carbocycles. The van der Waals surface area contributed by atoms with Gasteiger partial charge in [0.05, 0.1) is 10.7 Å². The minimum absolute atomic E-state index is 0.731. The maximum absolute atomic E-state index is 6.64.